The minimum Gasteiger partial charge on any atom is -0.305 e. The van der Waals surface area contributed by atoms with Crippen LogP contribution in [0.1, 0.15) is 18.4 Å². The van der Waals surface area contributed by atoms with Gasteiger partial charge in [0, 0.05) is 0 Å². The lowest BCUT2D eigenvalue weighted by Gasteiger charge is -2.21. The van der Waals surface area contributed by atoms with Gasteiger partial charge in [0.1, 0.15) is 0 Å². The van der Waals surface area contributed by atoms with Crippen molar-refractivity contribution < 1.29 is 9.59 Å². The van der Waals surface area contributed by atoms with Gasteiger partial charge in [0.25, 0.3) is 0 Å². The first kappa shape index (κ1) is 11.4. The van der Waals surface area contributed by atoms with Crippen LogP contribution < -0.4 is 5.32 Å². The van der Waals surface area contributed by atoms with Crippen LogP contribution in [0.15, 0.2) is 30.3 Å². The van der Waals surface area contributed by atoms with E-state index >= 15 is 0 Å². The van der Waals surface area contributed by atoms with Crippen molar-refractivity contribution in [3.63, 3.8) is 0 Å². The summed E-state index contributed by atoms with van der Waals surface area (Å²) in [5.74, 6) is -0.218. The summed E-state index contributed by atoms with van der Waals surface area (Å²) in [6.45, 7) is 1.23. The number of rotatable bonds is 2. The zero-order valence-electron chi connectivity index (χ0n) is 10.1. The van der Waals surface area contributed by atoms with Crippen LogP contribution >= 0.6 is 0 Å². The maximum Gasteiger partial charge on any atom is 0.247 e. The van der Waals surface area contributed by atoms with E-state index in [9.17, 15) is 9.59 Å². The Bertz CT molecular complexity index is 448. The maximum atomic E-state index is 12.2. The molecule has 2 atom stereocenters. The Hall–Kier alpha value is -1.68. The molecule has 0 aromatic heterocycles. The number of amides is 2. The van der Waals surface area contributed by atoms with Gasteiger partial charge in [-0.05, 0) is 24.9 Å². The summed E-state index contributed by atoms with van der Waals surface area (Å²) < 4.78 is 0. The Morgan fingerprint density at radius 3 is 2.67 bits per heavy atom. The number of nitrogens with one attached hydrogen (secondary N) is 1. The van der Waals surface area contributed by atoms with Crippen molar-refractivity contribution in [3.8, 4) is 0 Å². The van der Waals surface area contributed by atoms with Gasteiger partial charge < -0.3 is 5.32 Å². The van der Waals surface area contributed by atoms with Gasteiger partial charge in [-0.25, -0.2) is 0 Å². The van der Waals surface area contributed by atoms with Gasteiger partial charge in [0.05, 0.1) is 18.5 Å². The Labute approximate surface area is 106 Å². The number of fused-ring (bicyclic) bond motifs is 1. The Balaban J connectivity index is 1.80. The Morgan fingerprint density at radius 2 is 1.94 bits per heavy atom. The highest BCUT2D eigenvalue weighted by atomic mass is 16.2. The maximum absolute atomic E-state index is 12.2. The second kappa shape index (κ2) is 4.53. The lowest BCUT2D eigenvalue weighted by molar-refractivity contribution is -0.140. The second-order valence-corrected chi connectivity index (χ2v) is 4.93. The molecule has 2 amide bonds. The molecular weight excluding hydrogens is 228 g/mol. The molecule has 0 spiro atoms. The van der Waals surface area contributed by atoms with Gasteiger partial charge in [-0.1, -0.05) is 30.3 Å². The molecule has 18 heavy (non-hydrogen) atoms. The van der Waals surface area contributed by atoms with E-state index in [1.54, 1.807) is 0 Å². The molecule has 94 valence electrons. The molecule has 0 bridgehead atoms. The summed E-state index contributed by atoms with van der Waals surface area (Å²) in [4.78, 5) is 25.8. The molecule has 1 aromatic carbocycles. The highest BCUT2D eigenvalue weighted by Gasteiger charge is 2.48. The third-order valence-corrected chi connectivity index (χ3v) is 3.76. The summed E-state index contributed by atoms with van der Waals surface area (Å²) >= 11 is 0. The van der Waals surface area contributed by atoms with Crippen LogP contribution in [0.25, 0.3) is 0 Å². The molecule has 0 aliphatic carbocycles. The molecule has 0 radical (unpaired) electrons. The number of carbonyl (C=O) groups excluding carboxylic acids is 2. The first-order valence-corrected chi connectivity index (χ1v) is 6.40. The summed E-state index contributed by atoms with van der Waals surface area (Å²) in [7, 11) is 0. The number of carbonyl (C=O) groups is 2. The number of likely N-dealkylation sites (tertiary alicyclic amines) is 1. The molecule has 1 N–H and O–H groups in total. The van der Waals surface area contributed by atoms with Crippen molar-refractivity contribution in [3.05, 3.63) is 35.9 Å². The minimum atomic E-state index is -0.282. The summed E-state index contributed by atoms with van der Waals surface area (Å²) in [5, 5.41) is 3.16. The predicted molar refractivity (Wildman–Crippen MR) is 66.5 cm³/mol. The van der Waals surface area contributed by atoms with E-state index in [0.29, 0.717) is 6.54 Å². The minimum absolute atomic E-state index is 0.0129. The zero-order valence-corrected chi connectivity index (χ0v) is 10.1. The van der Waals surface area contributed by atoms with Gasteiger partial charge in [-0.15, -0.1) is 0 Å². The molecule has 3 rings (SSSR count). The van der Waals surface area contributed by atoms with Crippen LogP contribution in [0, 0.1) is 5.92 Å². The van der Waals surface area contributed by atoms with Crippen molar-refractivity contribution in [2.45, 2.75) is 25.4 Å². The molecule has 4 nitrogen and oxygen atoms in total. The van der Waals surface area contributed by atoms with Crippen molar-refractivity contribution in [1.29, 1.82) is 0 Å². The second-order valence-electron chi connectivity index (χ2n) is 4.93. The number of imide groups is 1. The number of piperidine rings is 1. The standard InChI is InChI=1S/C14H16N2O2/c17-13-11-7-4-8-15-12(11)14(18)16(13)9-10-5-2-1-3-6-10/h1-3,5-6,11-12,15H,4,7-9H2/t11-,12?/m0/s1. The number of benzene rings is 1. The molecule has 2 fully saturated rings. The fourth-order valence-corrected chi connectivity index (χ4v) is 2.81. The smallest absolute Gasteiger partial charge is 0.247 e. The number of hydrogen-bond acceptors (Lipinski definition) is 3. The summed E-state index contributed by atoms with van der Waals surface area (Å²) in [6.07, 6.45) is 1.80. The molecular formula is C14H16N2O2. The van der Waals surface area contributed by atoms with E-state index in [1.165, 1.54) is 4.90 Å². The van der Waals surface area contributed by atoms with Crippen LogP contribution in [0.5, 0.6) is 0 Å². The van der Waals surface area contributed by atoms with Gasteiger partial charge in [-0.2, -0.15) is 0 Å². The average Bonchev–Trinajstić information content (AvgIpc) is 2.66. The molecule has 1 aromatic rings. The monoisotopic (exact) mass is 244 g/mol. The summed E-state index contributed by atoms with van der Waals surface area (Å²) in [6, 6.07) is 9.37. The highest BCUT2D eigenvalue weighted by Crippen LogP contribution is 2.28. The van der Waals surface area contributed by atoms with Crippen molar-refractivity contribution >= 4 is 11.8 Å². The van der Waals surface area contributed by atoms with Gasteiger partial charge >= 0.3 is 0 Å². The first-order valence-electron chi connectivity index (χ1n) is 6.40. The van der Waals surface area contributed by atoms with Crippen LogP contribution in [-0.2, 0) is 16.1 Å². The van der Waals surface area contributed by atoms with Crippen LogP contribution in [0.2, 0.25) is 0 Å². The number of nitrogens with zero attached hydrogens (tertiary/aromatic N) is 1. The van der Waals surface area contributed by atoms with E-state index in [-0.39, 0.29) is 23.8 Å². The third-order valence-electron chi connectivity index (χ3n) is 3.76. The average molecular weight is 244 g/mol. The predicted octanol–water partition coefficient (Wildman–Crippen LogP) is 0.924. The van der Waals surface area contributed by atoms with Crippen LogP contribution in [0.3, 0.4) is 0 Å². The molecule has 4 heteroatoms. The Morgan fingerprint density at radius 1 is 1.17 bits per heavy atom. The quantitative estimate of drug-likeness (QED) is 0.787. The lowest BCUT2D eigenvalue weighted by Crippen LogP contribution is -2.44. The largest absolute Gasteiger partial charge is 0.305 e. The van der Waals surface area contributed by atoms with Gasteiger partial charge in [0.15, 0.2) is 0 Å². The van der Waals surface area contributed by atoms with Crippen LogP contribution in [-0.4, -0.2) is 29.3 Å². The zero-order chi connectivity index (χ0) is 12.5. The van der Waals surface area contributed by atoms with Crippen LogP contribution in [0.4, 0.5) is 0 Å². The summed E-state index contributed by atoms with van der Waals surface area (Å²) in [5.41, 5.74) is 0.998. The molecule has 0 saturated carbocycles. The topological polar surface area (TPSA) is 49.4 Å². The molecule has 2 aliphatic heterocycles. The highest BCUT2D eigenvalue weighted by molar-refractivity contribution is 6.07. The van der Waals surface area contributed by atoms with E-state index in [4.69, 9.17) is 0 Å². The van der Waals surface area contributed by atoms with Crippen molar-refractivity contribution in [2.75, 3.05) is 6.54 Å². The molecule has 2 saturated heterocycles. The van der Waals surface area contributed by atoms with Gasteiger partial charge in [-0.3, -0.25) is 14.5 Å². The molecule has 2 aliphatic rings. The Kier molecular flexibility index (Phi) is 2.88. The van der Waals surface area contributed by atoms with E-state index < -0.39 is 0 Å². The van der Waals surface area contributed by atoms with E-state index in [2.05, 4.69) is 5.32 Å². The molecule has 1 unspecified atom stereocenters. The SMILES string of the molecule is O=C1C2NCCC[C@@H]2C(=O)N1Cc1ccccc1. The van der Waals surface area contributed by atoms with Gasteiger partial charge in [0.2, 0.25) is 11.8 Å². The fraction of sp³-hybridized carbons (Fsp3) is 0.429. The first-order chi connectivity index (χ1) is 8.77. The van der Waals surface area contributed by atoms with Crippen molar-refractivity contribution in [1.82, 2.24) is 10.2 Å². The normalized spacial score (nSPS) is 27.4. The number of hydrogen-bond donors (Lipinski definition) is 1. The van der Waals surface area contributed by atoms with E-state index in [1.807, 2.05) is 30.3 Å². The molecule has 2 heterocycles. The fourth-order valence-electron chi connectivity index (χ4n) is 2.81. The van der Waals surface area contributed by atoms with E-state index in [0.717, 1.165) is 24.9 Å². The lowest BCUT2D eigenvalue weighted by atomic mass is 9.93. The van der Waals surface area contributed by atoms with Crippen molar-refractivity contribution in [2.24, 2.45) is 5.92 Å². The third kappa shape index (κ3) is 1.82.